The van der Waals surface area contributed by atoms with E-state index in [1.807, 2.05) is 6.08 Å². The summed E-state index contributed by atoms with van der Waals surface area (Å²) in [6.07, 6.45) is 2.02. The molecule has 0 spiro atoms. The normalized spacial score (nSPS) is 21.3. The summed E-state index contributed by atoms with van der Waals surface area (Å²) in [4.78, 5) is 6.50. The maximum Gasteiger partial charge on any atom is 1.00 e. The van der Waals surface area contributed by atoms with Crippen molar-refractivity contribution in [3.63, 3.8) is 0 Å². The van der Waals surface area contributed by atoms with Crippen molar-refractivity contribution in [1.29, 1.82) is 0 Å². The smallest absolute Gasteiger partial charge is 0.543 e. The Morgan fingerprint density at radius 2 is 1.94 bits per heavy atom. The quantitative estimate of drug-likeness (QED) is 0.294. The van der Waals surface area contributed by atoms with Crippen molar-refractivity contribution < 1.29 is 23.3 Å². The van der Waals surface area contributed by atoms with Crippen LogP contribution in [0.2, 0.25) is 18.1 Å². The predicted octanol–water partition coefficient (Wildman–Crippen LogP) is 4.37. The molecule has 0 saturated carbocycles. The summed E-state index contributed by atoms with van der Waals surface area (Å²) in [5, 5.41) is 3.54. The minimum atomic E-state index is -1.90. The molecule has 3 rings (SSSR count). The molecule has 0 unspecified atom stereocenters. The van der Waals surface area contributed by atoms with Crippen LogP contribution in [-0.4, -0.2) is 49.8 Å². The van der Waals surface area contributed by atoms with Gasteiger partial charge in [-0.2, -0.15) is 6.07 Å². The molecule has 33 heavy (non-hydrogen) atoms. The van der Waals surface area contributed by atoms with E-state index in [1.54, 1.807) is 11.3 Å². The fraction of sp³-hybridized carbons (Fsp3) is 0.538. The van der Waals surface area contributed by atoms with E-state index in [2.05, 4.69) is 116 Å². The Kier molecular flexibility index (Phi) is 10.2. The zero-order valence-corrected chi connectivity index (χ0v) is 25.0. The minimum absolute atomic E-state index is 0. The van der Waals surface area contributed by atoms with Gasteiger partial charge in [0.2, 0.25) is 8.32 Å². The summed E-state index contributed by atoms with van der Waals surface area (Å²) >= 11 is 5.34. The SMILES string of the molecule is C=CCN1C[C@H](C)N([C@H](c2cccc(O[Si](C)(C)C(C)(C)C)c2)c2cc(Br)[c-]s2)C[C@H]1C.[Li+]. The Bertz CT molecular complexity index is 929. The van der Waals surface area contributed by atoms with Gasteiger partial charge in [-0.15, -0.1) is 16.8 Å². The number of piperazine rings is 1. The van der Waals surface area contributed by atoms with Crippen LogP contribution in [0.3, 0.4) is 0 Å². The molecule has 1 aliphatic rings. The maximum absolute atomic E-state index is 6.67. The van der Waals surface area contributed by atoms with Crippen molar-refractivity contribution in [2.24, 2.45) is 0 Å². The summed E-state index contributed by atoms with van der Waals surface area (Å²) < 4.78 is 7.70. The number of rotatable bonds is 7. The van der Waals surface area contributed by atoms with Crippen molar-refractivity contribution in [3.05, 3.63) is 63.3 Å². The molecule has 2 aromatic rings. The average molecular weight is 542 g/mol. The van der Waals surface area contributed by atoms with Crippen molar-refractivity contribution in [2.75, 3.05) is 19.6 Å². The van der Waals surface area contributed by atoms with E-state index < -0.39 is 8.32 Å². The zero-order valence-electron chi connectivity index (χ0n) is 21.6. The van der Waals surface area contributed by atoms with Crippen LogP contribution >= 0.6 is 27.3 Å². The van der Waals surface area contributed by atoms with Crippen LogP contribution in [0.5, 0.6) is 5.75 Å². The van der Waals surface area contributed by atoms with Gasteiger partial charge in [0.25, 0.3) is 0 Å². The number of nitrogens with zero attached hydrogens (tertiary/aromatic N) is 2. The van der Waals surface area contributed by atoms with Crippen LogP contribution < -0.4 is 23.3 Å². The first-order chi connectivity index (χ1) is 14.9. The fourth-order valence-corrected chi connectivity index (χ4v) is 6.64. The third-order valence-electron chi connectivity index (χ3n) is 7.02. The van der Waals surface area contributed by atoms with E-state index in [0.29, 0.717) is 12.1 Å². The molecule has 0 N–H and O–H groups in total. The van der Waals surface area contributed by atoms with Crippen LogP contribution in [0.1, 0.15) is 51.1 Å². The molecule has 3 nitrogen and oxygen atoms in total. The van der Waals surface area contributed by atoms with Crippen LogP contribution in [0.25, 0.3) is 0 Å². The molecule has 1 aromatic heterocycles. The van der Waals surface area contributed by atoms with Gasteiger partial charge in [0, 0.05) is 37.8 Å². The summed E-state index contributed by atoms with van der Waals surface area (Å²) in [7, 11) is -1.90. The number of hydrogen-bond acceptors (Lipinski definition) is 4. The Balaban J connectivity index is 0.00000385. The molecule has 7 heteroatoms. The van der Waals surface area contributed by atoms with Gasteiger partial charge in [-0.1, -0.05) is 59.4 Å². The molecule has 1 fully saturated rings. The molecule has 0 bridgehead atoms. The Morgan fingerprint density at radius 1 is 1.24 bits per heavy atom. The van der Waals surface area contributed by atoms with Crippen LogP contribution in [0.4, 0.5) is 0 Å². The fourth-order valence-electron chi connectivity index (χ4n) is 4.15. The third-order valence-corrected chi connectivity index (χ3v) is 13.0. The van der Waals surface area contributed by atoms with E-state index in [-0.39, 0.29) is 29.9 Å². The Morgan fingerprint density at radius 3 is 2.52 bits per heavy atom. The van der Waals surface area contributed by atoms with E-state index in [9.17, 15) is 0 Å². The first kappa shape index (κ1) is 28.9. The van der Waals surface area contributed by atoms with Gasteiger partial charge < -0.3 is 4.43 Å². The van der Waals surface area contributed by atoms with E-state index in [0.717, 1.165) is 29.9 Å². The van der Waals surface area contributed by atoms with Gasteiger partial charge >= 0.3 is 18.9 Å². The molecule has 1 aromatic carbocycles. The average Bonchev–Trinajstić information content (AvgIpc) is 3.11. The summed E-state index contributed by atoms with van der Waals surface area (Å²) in [6.45, 7) is 23.1. The Hall–Kier alpha value is -0.326. The largest absolute Gasteiger partial charge is 1.00 e. The number of hydrogen-bond donors (Lipinski definition) is 0. The van der Waals surface area contributed by atoms with Gasteiger partial charge in [0.05, 0.1) is 0 Å². The monoisotopic (exact) mass is 540 g/mol. The van der Waals surface area contributed by atoms with Crippen molar-refractivity contribution in [3.8, 4) is 5.75 Å². The summed E-state index contributed by atoms with van der Waals surface area (Å²) in [5.41, 5.74) is 1.29. The molecule has 1 aliphatic heterocycles. The van der Waals surface area contributed by atoms with Crippen molar-refractivity contribution >= 4 is 35.6 Å². The molecule has 3 atom stereocenters. The molecule has 0 radical (unpaired) electrons. The standard InChI is InChI=1S/C26H38BrN2OSSi.Li/c1-9-13-28-16-20(3)29(17-19(28)2)25(24-15-22(27)18-31-24)21-11-10-12-23(14-21)30-32(7,8)26(4,5)6;/h9-12,14-15,19-20,25H,1,13,16-17H2,2-8H3;/q-1;+1/t19-,20+,25-;/m1./s1. The van der Waals surface area contributed by atoms with Gasteiger partial charge in [0.1, 0.15) is 5.75 Å². The summed E-state index contributed by atoms with van der Waals surface area (Å²) in [6, 6.07) is 12.1. The summed E-state index contributed by atoms with van der Waals surface area (Å²) in [5.74, 6) is 0.990. The number of benzene rings is 1. The van der Waals surface area contributed by atoms with Crippen LogP contribution in [0, 0.1) is 5.38 Å². The van der Waals surface area contributed by atoms with Gasteiger partial charge in [-0.3, -0.25) is 21.1 Å². The molecule has 176 valence electrons. The maximum atomic E-state index is 6.67. The second-order valence-corrected chi connectivity index (χ2v) is 17.0. The van der Waals surface area contributed by atoms with Gasteiger partial charge in [-0.05, 0) is 49.7 Å². The molecule has 0 amide bonds. The third kappa shape index (κ3) is 6.88. The molecule has 0 aliphatic carbocycles. The van der Waals surface area contributed by atoms with E-state index >= 15 is 0 Å². The van der Waals surface area contributed by atoms with Crippen LogP contribution in [-0.2, 0) is 0 Å². The second kappa shape index (κ2) is 11.6. The second-order valence-electron chi connectivity index (χ2n) is 10.6. The Labute approximate surface area is 227 Å². The predicted molar refractivity (Wildman–Crippen MR) is 144 cm³/mol. The first-order valence-corrected chi connectivity index (χ1v) is 16.0. The van der Waals surface area contributed by atoms with Gasteiger partial charge in [-0.25, -0.2) is 0 Å². The first-order valence-electron chi connectivity index (χ1n) is 11.5. The van der Waals surface area contributed by atoms with E-state index in [1.165, 1.54) is 10.4 Å². The van der Waals surface area contributed by atoms with Crippen molar-refractivity contribution in [1.82, 2.24) is 9.80 Å². The topological polar surface area (TPSA) is 15.7 Å². The number of halogens is 1. The van der Waals surface area contributed by atoms with Gasteiger partial charge in [0.15, 0.2) is 0 Å². The number of thiophene rings is 1. The van der Waals surface area contributed by atoms with Crippen LogP contribution in [0.15, 0.2) is 47.5 Å². The molecular formula is C26H38BrLiN2OSSi. The van der Waals surface area contributed by atoms with E-state index in [4.69, 9.17) is 4.43 Å². The minimum Gasteiger partial charge on any atom is -0.543 e. The van der Waals surface area contributed by atoms with Crippen molar-refractivity contribution in [2.45, 2.75) is 70.9 Å². The zero-order chi connectivity index (χ0) is 23.7. The molecule has 2 heterocycles. The molecular weight excluding hydrogens is 503 g/mol. The molecule has 1 saturated heterocycles.